The molecule has 19 heavy (non-hydrogen) atoms. The summed E-state index contributed by atoms with van der Waals surface area (Å²) >= 11 is 0. The number of hydrogen-bond acceptors (Lipinski definition) is 4. The molecule has 0 saturated carbocycles. The molecule has 0 fully saturated rings. The van der Waals surface area contributed by atoms with Crippen LogP contribution in [0, 0.1) is 0 Å². The van der Waals surface area contributed by atoms with E-state index in [9.17, 15) is 8.42 Å². The van der Waals surface area contributed by atoms with E-state index in [1.807, 2.05) is 0 Å². The SMILES string of the molecule is O=S(=O)(NCCc1ccco1)c1ccc(CO)cc1. The molecule has 0 saturated heterocycles. The Labute approximate surface area is 111 Å². The number of sulfonamides is 1. The number of furan rings is 1. The van der Waals surface area contributed by atoms with E-state index in [0.29, 0.717) is 12.0 Å². The van der Waals surface area contributed by atoms with Gasteiger partial charge in [0.05, 0.1) is 17.8 Å². The number of aliphatic hydroxyl groups is 1. The molecule has 0 atom stereocenters. The minimum Gasteiger partial charge on any atom is -0.469 e. The van der Waals surface area contributed by atoms with E-state index in [4.69, 9.17) is 9.52 Å². The van der Waals surface area contributed by atoms with Crippen molar-refractivity contribution in [1.29, 1.82) is 0 Å². The largest absolute Gasteiger partial charge is 0.469 e. The molecule has 0 aliphatic heterocycles. The lowest BCUT2D eigenvalue weighted by Crippen LogP contribution is -2.25. The molecule has 1 heterocycles. The Morgan fingerprint density at radius 1 is 1.16 bits per heavy atom. The van der Waals surface area contributed by atoms with Crippen LogP contribution in [0.4, 0.5) is 0 Å². The van der Waals surface area contributed by atoms with Crippen LogP contribution in [0.15, 0.2) is 52.0 Å². The van der Waals surface area contributed by atoms with Gasteiger partial charge in [0.25, 0.3) is 0 Å². The predicted octanol–water partition coefficient (Wildman–Crippen LogP) is 1.29. The van der Waals surface area contributed by atoms with Crippen molar-refractivity contribution in [2.45, 2.75) is 17.9 Å². The highest BCUT2D eigenvalue weighted by molar-refractivity contribution is 7.89. The first-order valence-electron chi connectivity index (χ1n) is 5.84. The van der Waals surface area contributed by atoms with Crippen molar-refractivity contribution in [2.75, 3.05) is 6.54 Å². The molecule has 0 aliphatic carbocycles. The van der Waals surface area contributed by atoms with Crippen molar-refractivity contribution in [3.05, 3.63) is 54.0 Å². The zero-order chi connectivity index (χ0) is 13.7. The molecule has 6 heteroatoms. The number of nitrogens with one attached hydrogen (secondary N) is 1. The fourth-order valence-electron chi connectivity index (χ4n) is 1.62. The Morgan fingerprint density at radius 2 is 1.89 bits per heavy atom. The van der Waals surface area contributed by atoms with Crippen molar-refractivity contribution in [3.8, 4) is 0 Å². The summed E-state index contributed by atoms with van der Waals surface area (Å²) in [7, 11) is -3.51. The number of rotatable bonds is 6. The topological polar surface area (TPSA) is 79.5 Å². The molecule has 1 aromatic heterocycles. The molecular weight excluding hydrogens is 266 g/mol. The van der Waals surface area contributed by atoms with Gasteiger partial charge in [-0.25, -0.2) is 13.1 Å². The van der Waals surface area contributed by atoms with E-state index >= 15 is 0 Å². The van der Waals surface area contributed by atoms with Gasteiger partial charge in [0, 0.05) is 13.0 Å². The van der Waals surface area contributed by atoms with Crippen LogP contribution in [0.2, 0.25) is 0 Å². The van der Waals surface area contributed by atoms with Gasteiger partial charge in [-0.2, -0.15) is 0 Å². The maximum Gasteiger partial charge on any atom is 0.240 e. The summed E-state index contributed by atoms with van der Waals surface area (Å²) in [6, 6.07) is 9.67. The first-order valence-corrected chi connectivity index (χ1v) is 7.32. The van der Waals surface area contributed by atoms with Crippen molar-refractivity contribution in [3.63, 3.8) is 0 Å². The van der Waals surface area contributed by atoms with Crippen LogP contribution in [-0.2, 0) is 23.1 Å². The van der Waals surface area contributed by atoms with Gasteiger partial charge in [-0.15, -0.1) is 0 Å². The highest BCUT2D eigenvalue weighted by Crippen LogP contribution is 2.10. The van der Waals surface area contributed by atoms with Crippen LogP contribution in [0.25, 0.3) is 0 Å². The lowest BCUT2D eigenvalue weighted by atomic mass is 10.2. The minimum atomic E-state index is -3.51. The van der Waals surface area contributed by atoms with Crippen molar-refractivity contribution < 1.29 is 17.9 Å². The number of aliphatic hydroxyl groups excluding tert-OH is 1. The van der Waals surface area contributed by atoms with Gasteiger partial charge in [-0.1, -0.05) is 12.1 Å². The second-order valence-electron chi connectivity index (χ2n) is 4.03. The zero-order valence-corrected chi connectivity index (χ0v) is 11.1. The molecule has 0 aliphatic rings. The first-order chi connectivity index (χ1) is 9.12. The second-order valence-corrected chi connectivity index (χ2v) is 5.80. The third-order valence-corrected chi connectivity index (χ3v) is 4.14. The fraction of sp³-hybridized carbons (Fsp3) is 0.231. The third-order valence-electron chi connectivity index (χ3n) is 2.66. The lowest BCUT2D eigenvalue weighted by molar-refractivity contribution is 0.282. The average Bonchev–Trinajstić information content (AvgIpc) is 2.92. The summed E-state index contributed by atoms with van der Waals surface area (Å²) in [6.07, 6.45) is 2.05. The molecule has 2 rings (SSSR count). The van der Waals surface area contributed by atoms with E-state index in [0.717, 1.165) is 5.76 Å². The van der Waals surface area contributed by atoms with Gasteiger partial charge < -0.3 is 9.52 Å². The van der Waals surface area contributed by atoms with Crippen LogP contribution in [0.1, 0.15) is 11.3 Å². The Balaban J connectivity index is 1.97. The first kappa shape index (κ1) is 13.8. The molecule has 0 amide bonds. The van der Waals surface area contributed by atoms with E-state index in [-0.39, 0.29) is 18.0 Å². The van der Waals surface area contributed by atoms with E-state index < -0.39 is 10.0 Å². The molecular formula is C13H15NO4S. The summed E-state index contributed by atoms with van der Waals surface area (Å²) < 4.78 is 31.5. The van der Waals surface area contributed by atoms with Crippen molar-refractivity contribution >= 4 is 10.0 Å². The molecule has 0 radical (unpaired) electrons. The lowest BCUT2D eigenvalue weighted by Gasteiger charge is -2.06. The van der Waals surface area contributed by atoms with E-state index in [2.05, 4.69) is 4.72 Å². The summed E-state index contributed by atoms with van der Waals surface area (Å²) in [5.74, 6) is 0.735. The summed E-state index contributed by atoms with van der Waals surface area (Å²) in [6.45, 7) is 0.170. The van der Waals surface area contributed by atoms with Gasteiger partial charge in [0.1, 0.15) is 5.76 Å². The van der Waals surface area contributed by atoms with Gasteiger partial charge in [-0.3, -0.25) is 0 Å². The average molecular weight is 281 g/mol. The molecule has 0 unspecified atom stereocenters. The Morgan fingerprint density at radius 3 is 2.47 bits per heavy atom. The van der Waals surface area contributed by atoms with Crippen molar-refractivity contribution in [2.24, 2.45) is 0 Å². The van der Waals surface area contributed by atoms with Crippen molar-refractivity contribution in [1.82, 2.24) is 4.72 Å². The van der Waals surface area contributed by atoms with Gasteiger partial charge in [0.2, 0.25) is 10.0 Å². The number of benzene rings is 1. The standard InChI is InChI=1S/C13H15NO4S/c15-10-11-3-5-13(6-4-11)19(16,17)14-8-7-12-2-1-9-18-12/h1-6,9,14-15H,7-8,10H2. The van der Waals surface area contributed by atoms with E-state index in [1.54, 1.807) is 30.5 Å². The molecule has 2 N–H and O–H groups in total. The molecule has 2 aromatic rings. The minimum absolute atomic E-state index is 0.105. The van der Waals surface area contributed by atoms with Crippen LogP contribution >= 0.6 is 0 Å². The zero-order valence-electron chi connectivity index (χ0n) is 10.2. The fourth-order valence-corrected chi connectivity index (χ4v) is 2.65. The highest BCUT2D eigenvalue weighted by Gasteiger charge is 2.13. The van der Waals surface area contributed by atoms with Gasteiger partial charge >= 0.3 is 0 Å². The predicted molar refractivity (Wildman–Crippen MR) is 70.0 cm³/mol. The van der Waals surface area contributed by atoms with Crippen LogP contribution in [0.3, 0.4) is 0 Å². The molecule has 0 bridgehead atoms. The quantitative estimate of drug-likeness (QED) is 0.836. The van der Waals surface area contributed by atoms with Crippen LogP contribution < -0.4 is 4.72 Å². The maximum absolute atomic E-state index is 12.0. The molecule has 1 aromatic carbocycles. The summed E-state index contributed by atoms with van der Waals surface area (Å²) in [5, 5.41) is 8.90. The van der Waals surface area contributed by atoms with Gasteiger partial charge in [-0.05, 0) is 29.8 Å². The monoisotopic (exact) mass is 281 g/mol. The molecule has 0 spiro atoms. The Hall–Kier alpha value is -1.63. The normalized spacial score (nSPS) is 11.6. The smallest absolute Gasteiger partial charge is 0.240 e. The summed E-state index contributed by atoms with van der Waals surface area (Å²) in [4.78, 5) is 0.184. The summed E-state index contributed by atoms with van der Waals surface area (Å²) in [5.41, 5.74) is 0.675. The second kappa shape index (κ2) is 6.01. The van der Waals surface area contributed by atoms with Crippen LogP contribution in [0.5, 0.6) is 0 Å². The van der Waals surface area contributed by atoms with Crippen LogP contribution in [-0.4, -0.2) is 20.1 Å². The maximum atomic E-state index is 12.0. The van der Waals surface area contributed by atoms with E-state index in [1.165, 1.54) is 12.1 Å². The Kier molecular flexibility index (Phi) is 4.36. The van der Waals surface area contributed by atoms with Gasteiger partial charge in [0.15, 0.2) is 0 Å². The number of hydrogen-bond donors (Lipinski definition) is 2. The highest BCUT2D eigenvalue weighted by atomic mass is 32.2. The Bertz CT molecular complexity index is 603. The molecule has 5 nitrogen and oxygen atoms in total. The molecule has 102 valence electrons. The third kappa shape index (κ3) is 3.66.